The van der Waals surface area contributed by atoms with Crippen molar-refractivity contribution in [1.82, 2.24) is 14.5 Å². The number of benzene rings is 3. The standard InChI is InChI=1S/C32H33Cl2N3O5S/c33-26-15-8-16-27(34)25(26)21-36(28(20-22-10-2-1-3-11-22)31(39)35-23-12-4-5-13-23)30(38)18-9-19-37-32(40)24-14-6-7-17-29(24)43(37,41)42/h1-3,6-8,10-11,14-17,23,28H,4-5,9,12-13,18-21H2,(H,35,39). The second kappa shape index (κ2) is 13.5. The van der Waals surface area contributed by atoms with E-state index in [9.17, 15) is 22.8 Å². The first-order valence-electron chi connectivity index (χ1n) is 14.4. The largest absolute Gasteiger partial charge is 0.352 e. The number of carbonyl (C=O) groups excluding carboxylic acids is 3. The number of halogens is 2. The number of amides is 3. The van der Waals surface area contributed by atoms with E-state index in [-0.39, 0.29) is 60.7 Å². The molecule has 3 amide bonds. The van der Waals surface area contributed by atoms with Crippen LogP contribution in [-0.4, -0.2) is 54.0 Å². The van der Waals surface area contributed by atoms with E-state index < -0.39 is 22.0 Å². The van der Waals surface area contributed by atoms with Crippen LogP contribution in [0.25, 0.3) is 0 Å². The van der Waals surface area contributed by atoms with E-state index >= 15 is 0 Å². The van der Waals surface area contributed by atoms with Crippen molar-refractivity contribution in [2.24, 2.45) is 0 Å². The van der Waals surface area contributed by atoms with Crippen molar-refractivity contribution in [2.45, 2.75) is 68.5 Å². The van der Waals surface area contributed by atoms with Crippen LogP contribution in [0.1, 0.15) is 60.0 Å². The molecule has 1 aliphatic carbocycles. The van der Waals surface area contributed by atoms with Gasteiger partial charge < -0.3 is 10.2 Å². The molecule has 5 rings (SSSR count). The summed E-state index contributed by atoms with van der Waals surface area (Å²) in [4.78, 5) is 42.2. The van der Waals surface area contributed by atoms with Gasteiger partial charge in [0.25, 0.3) is 15.9 Å². The van der Waals surface area contributed by atoms with E-state index in [2.05, 4.69) is 5.32 Å². The lowest BCUT2D eigenvalue weighted by Crippen LogP contribution is -2.52. The maximum atomic E-state index is 14.0. The number of rotatable bonds is 11. The summed E-state index contributed by atoms with van der Waals surface area (Å²) in [6.07, 6.45) is 4.08. The van der Waals surface area contributed by atoms with Gasteiger partial charge in [0.15, 0.2) is 0 Å². The van der Waals surface area contributed by atoms with Crippen molar-refractivity contribution in [1.29, 1.82) is 0 Å². The third-order valence-corrected chi connectivity index (χ3v) is 10.6. The Hall–Kier alpha value is -3.40. The van der Waals surface area contributed by atoms with Gasteiger partial charge in [-0.3, -0.25) is 14.4 Å². The number of nitrogens with zero attached hydrogens (tertiary/aromatic N) is 2. The third-order valence-electron chi connectivity index (χ3n) is 8.03. The van der Waals surface area contributed by atoms with Crippen LogP contribution in [0.15, 0.2) is 77.7 Å². The maximum Gasteiger partial charge on any atom is 0.269 e. The van der Waals surface area contributed by atoms with Gasteiger partial charge in [-0.2, -0.15) is 0 Å². The molecule has 3 aromatic rings. The van der Waals surface area contributed by atoms with Crippen molar-refractivity contribution in [2.75, 3.05) is 6.54 Å². The zero-order chi connectivity index (χ0) is 30.6. The van der Waals surface area contributed by atoms with Crippen LogP contribution in [0.5, 0.6) is 0 Å². The minimum Gasteiger partial charge on any atom is -0.352 e. The molecule has 0 aromatic heterocycles. The summed E-state index contributed by atoms with van der Waals surface area (Å²) < 4.78 is 26.8. The number of fused-ring (bicyclic) bond motifs is 1. The summed E-state index contributed by atoms with van der Waals surface area (Å²) in [5, 5.41) is 3.88. The minimum absolute atomic E-state index is 0.0146. The highest BCUT2D eigenvalue weighted by Crippen LogP contribution is 2.31. The summed E-state index contributed by atoms with van der Waals surface area (Å²) in [5.74, 6) is -1.25. The predicted molar refractivity (Wildman–Crippen MR) is 165 cm³/mol. The molecule has 8 nitrogen and oxygen atoms in total. The number of hydrogen-bond donors (Lipinski definition) is 1. The highest BCUT2D eigenvalue weighted by Gasteiger charge is 2.40. The molecule has 1 saturated carbocycles. The number of sulfonamides is 1. The molecule has 11 heteroatoms. The average Bonchev–Trinajstić information content (AvgIpc) is 3.57. The van der Waals surface area contributed by atoms with Gasteiger partial charge in [-0.1, -0.05) is 84.6 Å². The molecule has 1 unspecified atom stereocenters. The quantitative estimate of drug-likeness (QED) is 0.293. The summed E-state index contributed by atoms with van der Waals surface area (Å²) in [6.45, 7) is -0.181. The lowest BCUT2D eigenvalue weighted by Gasteiger charge is -2.33. The Morgan fingerprint density at radius 1 is 0.930 bits per heavy atom. The summed E-state index contributed by atoms with van der Waals surface area (Å²) in [7, 11) is -4.00. The van der Waals surface area contributed by atoms with Crippen molar-refractivity contribution in [3.63, 3.8) is 0 Å². The van der Waals surface area contributed by atoms with Gasteiger partial charge in [-0.25, -0.2) is 12.7 Å². The molecule has 3 aromatic carbocycles. The van der Waals surface area contributed by atoms with Crippen LogP contribution in [0.3, 0.4) is 0 Å². The second-order valence-corrected chi connectivity index (χ2v) is 13.5. The molecular formula is C32H33Cl2N3O5S. The van der Waals surface area contributed by atoms with Gasteiger partial charge in [0, 0.05) is 47.6 Å². The lowest BCUT2D eigenvalue weighted by molar-refractivity contribution is -0.141. The van der Waals surface area contributed by atoms with Crippen LogP contribution in [0.4, 0.5) is 0 Å². The molecule has 0 bridgehead atoms. The van der Waals surface area contributed by atoms with Crippen molar-refractivity contribution in [3.05, 3.63) is 99.5 Å². The molecule has 2 aliphatic rings. The molecule has 1 fully saturated rings. The molecule has 1 atom stereocenters. The zero-order valence-corrected chi connectivity index (χ0v) is 25.9. The topological polar surface area (TPSA) is 104 Å². The molecule has 0 spiro atoms. The van der Waals surface area contributed by atoms with Gasteiger partial charge in [0.1, 0.15) is 10.9 Å². The molecule has 1 aliphatic heterocycles. The third kappa shape index (κ3) is 6.89. The van der Waals surface area contributed by atoms with Crippen LogP contribution in [-0.2, 0) is 32.6 Å². The lowest BCUT2D eigenvalue weighted by atomic mass is 10.0. The molecular weight excluding hydrogens is 609 g/mol. The van der Waals surface area contributed by atoms with Crippen molar-refractivity contribution in [3.8, 4) is 0 Å². The van der Waals surface area contributed by atoms with E-state index in [0.717, 1.165) is 35.6 Å². The first-order chi connectivity index (χ1) is 20.7. The van der Waals surface area contributed by atoms with Crippen LogP contribution in [0.2, 0.25) is 10.0 Å². The average molecular weight is 643 g/mol. The fourth-order valence-electron chi connectivity index (χ4n) is 5.74. The Bertz CT molecular complexity index is 1590. The second-order valence-electron chi connectivity index (χ2n) is 10.9. The SMILES string of the molecule is O=C(NC1CCCC1)C(Cc1ccccc1)N(Cc1c(Cl)cccc1Cl)C(=O)CCCN1C(=O)c2ccccc2S1(=O)=O. The molecule has 1 heterocycles. The summed E-state index contributed by atoms with van der Waals surface area (Å²) in [6, 6.07) is 19.7. The zero-order valence-electron chi connectivity index (χ0n) is 23.5. The van der Waals surface area contributed by atoms with E-state index in [0.29, 0.717) is 15.6 Å². The van der Waals surface area contributed by atoms with Gasteiger partial charge in [-0.15, -0.1) is 0 Å². The summed E-state index contributed by atoms with van der Waals surface area (Å²) >= 11 is 13.0. The Morgan fingerprint density at radius 2 is 1.58 bits per heavy atom. The van der Waals surface area contributed by atoms with Crippen LogP contribution < -0.4 is 5.32 Å². The molecule has 0 radical (unpaired) electrons. The monoisotopic (exact) mass is 641 g/mol. The van der Waals surface area contributed by atoms with Crippen LogP contribution >= 0.6 is 23.2 Å². The Balaban J connectivity index is 1.40. The predicted octanol–water partition coefficient (Wildman–Crippen LogP) is 5.62. The fourth-order valence-corrected chi connectivity index (χ4v) is 7.87. The van der Waals surface area contributed by atoms with Gasteiger partial charge in [0.2, 0.25) is 11.8 Å². The number of carbonyl (C=O) groups is 3. The number of nitrogens with one attached hydrogen (secondary N) is 1. The van der Waals surface area contributed by atoms with E-state index in [4.69, 9.17) is 23.2 Å². The van der Waals surface area contributed by atoms with Crippen molar-refractivity contribution >= 4 is 50.9 Å². The smallest absolute Gasteiger partial charge is 0.269 e. The van der Waals surface area contributed by atoms with Gasteiger partial charge in [-0.05, 0) is 49.1 Å². The molecule has 226 valence electrons. The van der Waals surface area contributed by atoms with E-state index in [1.165, 1.54) is 17.0 Å². The molecule has 1 N–H and O–H groups in total. The highest BCUT2D eigenvalue weighted by atomic mass is 35.5. The fraction of sp³-hybridized carbons (Fsp3) is 0.344. The van der Waals surface area contributed by atoms with E-state index in [1.54, 1.807) is 30.3 Å². The highest BCUT2D eigenvalue weighted by molar-refractivity contribution is 7.90. The van der Waals surface area contributed by atoms with Gasteiger partial charge >= 0.3 is 0 Å². The van der Waals surface area contributed by atoms with Gasteiger partial charge in [0.05, 0.1) is 5.56 Å². The Morgan fingerprint density at radius 3 is 2.26 bits per heavy atom. The number of hydrogen-bond acceptors (Lipinski definition) is 5. The summed E-state index contributed by atoms with van der Waals surface area (Å²) in [5.41, 5.74) is 1.51. The Labute approximate surface area is 262 Å². The molecule has 43 heavy (non-hydrogen) atoms. The maximum absolute atomic E-state index is 14.0. The molecule has 0 saturated heterocycles. The minimum atomic E-state index is -4.00. The van der Waals surface area contributed by atoms with E-state index in [1.807, 2.05) is 30.3 Å². The normalized spacial score (nSPS) is 16.6. The van der Waals surface area contributed by atoms with Crippen LogP contribution in [0, 0.1) is 0 Å². The first-order valence-corrected chi connectivity index (χ1v) is 16.6. The van der Waals surface area contributed by atoms with Crippen molar-refractivity contribution < 1.29 is 22.8 Å². The Kier molecular flexibility index (Phi) is 9.74. The first kappa shape index (κ1) is 31.0.